The predicted molar refractivity (Wildman–Crippen MR) is 82.3 cm³/mol. The van der Waals surface area contributed by atoms with E-state index in [9.17, 15) is 4.79 Å². The molecule has 1 aliphatic rings. The molecule has 2 aromatic rings. The molecule has 0 bridgehead atoms. The summed E-state index contributed by atoms with van der Waals surface area (Å²) < 4.78 is 1.46. The van der Waals surface area contributed by atoms with Gasteiger partial charge in [0.1, 0.15) is 0 Å². The van der Waals surface area contributed by atoms with Crippen molar-refractivity contribution in [2.24, 2.45) is 11.3 Å². The maximum absolute atomic E-state index is 12.4. The SMILES string of the molecule is CCn1nnc2sc3c(c2c1=O)CC[C@@H](C(C)(C)C)C3. The monoisotopic (exact) mass is 291 g/mol. The number of thiophene rings is 1. The Labute approximate surface area is 122 Å². The molecular weight excluding hydrogens is 270 g/mol. The Bertz CT molecular complexity index is 708. The average molecular weight is 291 g/mol. The van der Waals surface area contributed by atoms with Crippen molar-refractivity contribution in [1.82, 2.24) is 15.0 Å². The van der Waals surface area contributed by atoms with Gasteiger partial charge in [0, 0.05) is 11.4 Å². The Morgan fingerprint density at radius 1 is 1.40 bits per heavy atom. The summed E-state index contributed by atoms with van der Waals surface area (Å²) in [5.74, 6) is 0.685. The lowest BCUT2D eigenvalue weighted by atomic mass is 9.72. The lowest BCUT2D eigenvalue weighted by Gasteiger charge is -2.33. The molecule has 0 unspecified atom stereocenters. The van der Waals surface area contributed by atoms with Crippen LogP contribution in [0, 0.1) is 11.3 Å². The molecule has 0 saturated heterocycles. The summed E-state index contributed by atoms with van der Waals surface area (Å²) in [4.78, 5) is 14.6. The first kappa shape index (κ1) is 13.7. The van der Waals surface area contributed by atoms with Gasteiger partial charge < -0.3 is 0 Å². The van der Waals surface area contributed by atoms with Crippen LogP contribution in [0.1, 0.15) is 44.6 Å². The van der Waals surface area contributed by atoms with Crippen LogP contribution in [0.5, 0.6) is 0 Å². The highest BCUT2D eigenvalue weighted by Crippen LogP contribution is 2.41. The number of fused-ring (bicyclic) bond motifs is 3. The standard InChI is InChI=1S/C15H21N3OS/c1-5-18-14(19)12-10-7-6-9(15(2,3)4)8-11(10)20-13(12)16-17-18/h9H,5-8H2,1-4H3/t9-/m1/s1. The number of hydrogen-bond donors (Lipinski definition) is 0. The highest BCUT2D eigenvalue weighted by atomic mass is 32.1. The molecular formula is C15H21N3OS. The van der Waals surface area contributed by atoms with Crippen LogP contribution in [0.25, 0.3) is 10.2 Å². The minimum atomic E-state index is 0.0317. The number of hydrogen-bond acceptors (Lipinski definition) is 4. The van der Waals surface area contributed by atoms with Crippen molar-refractivity contribution in [2.75, 3.05) is 0 Å². The molecule has 0 aromatic carbocycles. The Hall–Kier alpha value is -1.23. The van der Waals surface area contributed by atoms with Crippen LogP contribution < -0.4 is 5.56 Å². The second-order valence-electron chi connectivity index (χ2n) is 6.70. The van der Waals surface area contributed by atoms with Crippen molar-refractivity contribution in [3.05, 3.63) is 20.8 Å². The lowest BCUT2D eigenvalue weighted by Crippen LogP contribution is -2.27. The van der Waals surface area contributed by atoms with E-state index in [1.807, 2.05) is 6.92 Å². The Morgan fingerprint density at radius 2 is 2.15 bits per heavy atom. The van der Waals surface area contributed by atoms with E-state index in [4.69, 9.17) is 0 Å². The predicted octanol–water partition coefficient (Wildman–Crippen LogP) is 3.02. The van der Waals surface area contributed by atoms with E-state index < -0.39 is 0 Å². The Balaban J connectivity index is 2.13. The second kappa shape index (κ2) is 4.65. The highest BCUT2D eigenvalue weighted by Gasteiger charge is 2.31. The minimum Gasteiger partial charge on any atom is -0.267 e. The fraction of sp³-hybridized carbons (Fsp3) is 0.667. The molecule has 1 atom stereocenters. The van der Waals surface area contributed by atoms with Gasteiger partial charge in [-0.2, -0.15) is 0 Å². The van der Waals surface area contributed by atoms with Gasteiger partial charge in [-0.05, 0) is 43.1 Å². The van der Waals surface area contributed by atoms with Crippen LogP contribution in [-0.2, 0) is 19.4 Å². The summed E-state index contributed by atoms with van der Waals surface area (Å²) in [6.07, 6.45) is 3.24. The van der Waals surface area contributed by atoms with Gasteiger partial charge in [-0.3, -0.25) is 4.79 Å². The third kappa shape index (κ3) is 2.08. The van der Waals surface area contributed by atoms with Crippen molar-refractivity contribution in [3.8, 4) is 0 Å². The van der Waals surface area contributed by atoms with Crippen LogP contribution in [0.15, 0.2) is 4.79 Å². The first-order chi connectivity index (χ1) is 9.41. The van der Waals surface area contributed by atoms with Crippen LogP contribution >= 0.6 is 11.3 Å². The molecule has 4 nitrogen and oxygen atoms in total. The van der Waals surface area contributed by atoms with Crippen LogP contribution in [0.4, 0.5) is 0 Å². The molecule has 2 heterocycles. The summed E-state index contributed by atoms with van der Waals surface area (Å²) >= 11 is 1.67. The first-order valence-corrected chi connectivity index (χ1v) is 8.11. The normalized spacial score (nSPS) is 19.3. The largest absolute Gasteiger partial charge is 0.278 e. The van der Waals surface area contributed by atoms with Gasteiger partial charge in [0.05, 0.1) is 5.39 Å². The zero-order valence-electron chi connectivity index (χ0n) is 12.6. The molecule has 3 rings (SSSR count). The maximum Gasteiger partial charge on any atom is 0.278 e. The van der Waals surface area contributed by atoms with Gasteiger partial charge in [0.15, 0.2) is 4.83 Å². The van der Waals surface area contributed by atoms with Crippen molar-refractivity contribution >= 4 is 21.6 Å². The molecule has 2 aromatic heterocycles. The zero-order chi connectivity index (χ0) is 14.5. The first-order valence-electron chi connectivity index (χ1n) is 7.30. The summed E-state index contributed by atoms with van der Waals surface area (Å²) in [5.41, 5.74) is 1.60. The summed E-state index contributed by atoms with van der Waals surface area (Å²) in [6, 6.07) is 0. The quantitative estimate of drug-likeness (QED) is 0.811. The van der Waals surface area contributed by atoms with E-state index in [1.54, 1.807) is 11.3 Å². The summed E-state index contributed by atoms with van der Waals surface area (Å²) in [7, 11) is 0. The maximum atomic E-state index is 12.4. The fourth-order valence-corrected chi connectivity index (χ4v) is 4.31. The molecule has 1 aliphatic carbocycles. The molecule has 20 heavy (non-hydrogen) atoms. The van der Waals surface area contributed by atoms with Crippen molar-refractivity contribution in [1.29, 1.82) is 0 Å². The number of aromatic nitrogens is 3. The molecule has 0 amide bonds. The van der Waals surface area contributed by atoms with Gasteiger partial charge >= 0.3 is 0 Å². The van der Waals surface area contributed by atoms with Gasteiger partial charge in [-0.1, -0.05) is 26.0 Å². The molecule has 0 radical (unpaired) electrons. The van der Waals surface area contributed by atoms with E-state index in [0.29, 0.717) is 17.9 Å². The van der Waals surface area contributed by atoms with Crippen molar-refractivity contribution in [3.63, 3.8) is 0 Å². The number of rotatable bonds is 1. The van der Waals surface area contributed by atoms with E-state index in [1.165, 1.54) is 15.1 Å². The van der Waals surface area contributed by atoms with E-state index in [-0.39, 0.29) is 5.56 Å². The smallest absolute Gasteiger partial charge is 0.267 e. The van der Waals surface area contributed by atoms with Crippen LogP contribution in [-0.4, -0.2) is 15.0 Å². The van der Waals surface area contributed by atoms with Crippen LogP contribution in [0.2, 0.25) is 0 Å². The summed E-state index contributed by atoms with van der Waals surface area (Å²) in [6.45, 7) is 9.42. The van der Waals surface area contributed by atoms with Crippen molar-refractivity contribution in [2.45, 2.75) is 53.5 Å². The minimum absolute atomic E-state index is 0.0317. The molecule has 5 heteroatoms. The topological polar surface area (TPSA) is 47.8 Å². The fourth-order valence-electron chi connectivity index (χ4n) is 3.07. The number of nitrogens with zero attached hydrogens (tertiary/aromatic N) is 3. The molecule has 0 fully saturated rings. The third-order valence-electron chi connectivity index (χ3n) is 4.46. The number of aryl methyl sites for hydroxylation is 2. The Morgan fingerprint density at radius 3 is 2.80 bits per heavy atom. The zero-order valence-corrected chi connectivity index (χ0v) is 13.4. The third-order valence-corrected chi connectivity index (χ3v) is 5.60. The van der Waals surface area contributed by atoms with Gasteiger partial charge in [-0.25, -0.2) is 4.68 Å². The van der Waals surface area contributed by atoms with E-state index in [2.05, 4.69) is 31.1 Å². The summed E-state index contributed by atoms with van der Waals surface area (Å²) in [5, 5.41) is 9.07. The second-order valence-corrected chi connectivity index (χ2v) is 7.78. The van der Waals surface area contributed by atoms with E-state index >= 15 is 0 Å². The molecule has 108 valence electrons. The average Bonchev–Trinajstić information content (AvgIpc) is 2.76. The van der Waals surface area contributed by atoms with Crippen molar-refractivity contribution < 1.29 is 0 Å². The Kier molecular flexibility index (Phi) is 3.20. The van der Waals surface area contributed by atoms with Gasteiger partial charge in [0.25, 0.3) is 5.56 Å². The van der Waals surface area contributed by atoms with Gasteiger partial charge in [-0.15, -0.1) is 16.4 Å². The molecule has 0 saturated carbocycles. The molecule has 0 N–H and O–H groups in total. The lowest BCUT2D eigenvalue weighted by molar-refractivity contribution is 0.218. The highest BCUT2D eigenvalue weighted by molar-refractivity contribution is 7.18. The van der Waals surface area contributed by atoms with Crippen LogP contribution in [0.3, 0.4) is 0 Å². The van der Waals surface area contributed by atoms with E-state index in [0.717, 1.165) is 29.5 Å². The van der Waals surface area contributed by atoms with Gasteiger partial charge in [0.2, 0.25) is 0 Å². The molecule has 0 aliphatic heterocycles. The molecule has 0 spiro atoms.